The molecule has 0 rings (SSSR count). The van der Waals surface area contributed by atoms with E-state index in [9.17, 15) is 14.7 Å². The van der Waals surface area contributed by atoms with Gasteiger partial charge in [-0.25, -0.2) is 0 Å². The Morgan fingerprint density at radius 3 is 1.36 bits per heavy atom. The summed E-state index contributed by atoms with van der Waals surface area (Å²) < 4.78 is 10.5. The molecule has 0 unspecified atom stereocenters. The maximum absolute atomic E-state index is 12.1. The predicted octanol–water partition coefficient (Wildman–Crippen LogP) is 10.7. The second kappa shape index (κ2) is 33.9. The highest BCUT2D eigenvalue weighted by molar-refractivity contribution is 5.70. The molecule has 0 spiro atoms. The van der Waals surface area contributed by atoms with E-state index in [0.29, 0.717) is 12.8 Å². The molecule has 0 aliphatic heterocycles. The Kier molecular flexibility index (Phi) is 32.6. The minimum atomic E-state index is -0.772. The van der Waals surface area contributed by atoms with Gasteiger partial charge >= 0.3 is 11.9 Å². The van der Waals surface area contributed by atoms with E-state index in [4.69, 9.17) is 9.47 Å². The zero-order valence-electron chi connectivity index (χ0n) is 27.8. The van der Waals surface area contributed by atoms with Gasteiger partial charge in [0.25, 0.3) is 0 Å². The summed E-state index contributed by atoms with van der Waals surface area (Å²) in [6, 6.07) is 0. The van der Waals surface area contributed by atoms with Crippen molar-refractivity contribution in [1.29, 1.82) is 0 Å². The smallest absolute Gasteiger partial charge is 0.306 e. The fraction of sp³-hybridized carbons (Fsp3) is 0.838. The van der Waals surface area contributed by atoms with Gasteiger partial charge in [-0.2, -0.15) is 0 Å². The first kappa shape index (κ1) is 40.4. The summed E-state index contributed by atoms with van der Waals surface area (Å²) in [4.78, 5) is 24.1. The Bertz CT molecular complexity index is 642. The van der Waals surface area contributed by atoms with Crippen molar-refractivity contribution in [3.8, 4) is 0 Å². The molecular formula is C37H68O5. The summed E-state index contributed by atoms with van der Waals surface area (Å²) in [6.45, 7) is 4.07. The summed E-state index contributed by atoms with van der Waals surface area (Å²) in [5.74, 6) is -0.606. The fourth-order valence-corrected chi connectivity index (χ4v) is 4.94. The molecule has 42 heavy (non-hydrogen) atoms. The van der Waals surface area contributed by atoms with Crippen LogP contribution in [0.2, 0.25) is 0 Å². The molecule has 0 aliphatic rings. The van der Waals surface area contributed by atoms with Gasteiger partial charge in [0.1, 0.15) is 6.61 Å². The summed E-state index contributed by atoms with van der Waals surface area (Å²) in [6.07, 6.45) is 38.0. The first-order valence-electron chi connectivity index (χ1n) is 17.9. The van der Waals surface area contributed by atoms with Crippen molar-refractivity contribution in [3.63, 3.8) is 0 Å². The number of unbranched alkanes of at least 4 members (excludes halogenated alkanes) is 20. The average Bonchev–Trinajstić information content (AvgIpc) is 2.99. The standard InChI is InChI=1S/C37H68O5/c1-3-5-7-9-11-13-15-16-17-18-19-20-22-23-25-27-29-31-36(39)41-34-35(33-38)42-37(40)32-30-28-26-24-21-14-12-10-8-6-4-2/h10,12,16-17,35,38H,3-9,11,13-15,18-34H2,1-2H3/t35-/m0/s1. The lowest BCUT2D eigenvalue weighted by Gasteiger charge is -2.15. The van der Waals surface area contributed by atoms with E-state index in [1.165, 1.54) is 109 Å². The number of hydrogen-bond acceptors (Lipinski definition) is 5. The molecule has 1 N–H and O–H groups in total. The van der Waals surface area contributed by atoms with Crippen LogP contribution in [0.3, 0.4) is 0 Å². The third-order valence-electron chi connectivity index (χ3n) is 7.72. The van der Waals surface area contributed by atoms with Crippen LogP contribution in [0.15, 0.2) is 24.3 Å². The van der Waals surface area contributed by atoms with Gasteiger partial charge in [0, 0.05) is 12.8 Å². The van der Waals surface area contributed by atoms with Crippen LogP contribution >= 0.6 is 0 Å². The predicted molar refractivity (Wildman–Crippen MR) is 178 cm³/mol. The molecule has 0 aromatic carbocycles. The average molecular weight is 593 g/mol. The lowest BCUT2D eigenvalue weighted by atomic mass is 10.1. The van der Waals surface area contributed by atoms with Crippen LogP contribution < -0.4 is 0 Å². The van der Waals surface area contributed by atoms with Crippen LogP contribution in [0.5, 0.6) is 0 Å². The van der Waals surface area contributed by atoms with Gasteiger partial charge in [-0.15, -0.1) is 0 Å². The summed E-state index contributed by atoms with van der Waals surface area (Å²) in [5, 5.41) is 9.50. The lowest BCUT2D eigenvalue weighted by molar-refractivity contribution is -0.161. The molecule has 1 atom stereocenters. The van der Waals surface area contributed by atoms with Gasteiger partial charge in [0.15, 0.2) is 6.10 Å². The van der Waals surface area contributed by atoms with Gasteiger partial charge in [-0.1, -0.05) is 134 Å². The fourth-order valence-electron chi connectivity index (χ4n) is 4.94. The number of allylic oxidation sites excluding steroid dienone is 4. The van der Waals surface area contributed by atoms with Crippen molar-refractivity contribution in [3.05, 3.63) is 24.3 Å². The van der Waals surface area contributed by atoms with Crippen LogP contribution in [0, 0.1) is 0 Å². The normalized spacial score (nSPS) is 12.4. The maximum Gasteiger partial charge on any atom is 0.306 e. The van der Waals surface area contributed by atoms with Gasteiger partial charge < -0.3 is 14.6 Å². The first-order chi connectivity index (χ1) is 20.6. The van der Waals surface area contributed by atoms with Gasteiger partial charge in [0.05, 0.1) is 6.61 Å². The highest BCUT2D eigenvalue weighted by Crippen LogP contribution is 2.13. The number of esters is 2. The number of rotatable bonds is 32. The Morgan fingerprint density at radius 1 is 0.524 bits per heavy atom. The van der Waals surface area contributed by atoms with E-state index in [2.05, 4.69) is 38.2 Å². The molecule has 0 saturated heterocycles. The Labute approximate surface area is 260 Å². The van der Waals surface area contributed by atoms with Crippen LogP contribution in [0.4, 0.5) is 0 Å². The Hall–Kier alpha value is -1.62. The molecule has 0 aliphatic carbocycles. The minimum Gasteiger partial charge on any atom is -0.462 e. The van der Waals surface area contributed by atoms with Gasteiger partial charge in [-0.05, 0) is 57.8 Å². The molecule has 5 heteroatoms. The van der Waals surface area contributed by atoms with Crippen LogP contribution in [-0.4, -0.2) is 36.4 Å². The number of aliphatic hydroxyl groups excluding tert-OH is 1. The quantitative estimate of drug-likeness (QED) is 0.0478. The van der Waals surface area contributed by atoms with E-state index in [1.54, 1.807) is 0 Å². The molecule has 0 fully saturated rings. The monoisotopic (exact) mass is 593 g/mol. The van der Waals surface area contributed by atoms with E-state index >= 15 is 0 Å². The van der Waals surface area contributed by atoms with Gasteiger partial charge in [0.2, 0.25) is 0 Å². The first-order valence-corrected chi connectivity index (χ1v) is 17.9. The Morgan fingerprint density at radius 2 is 0.905 bits per heavy atom. The molecular weight excluding hydrogens is 524 g/mol. The highest BCUT2D eigenvalue weighted by Gasteiger charge is 2.16. The van der Waals surface area contributed by atoms with Crippen LogP contribution in [-0.2, 0) is 19.1 Å². The molecule has 0 amide bonds. The highest BCUT2D eigenvalue weighted by atomic mass is 16.6. The summed E-state index contributed by atoms with van der Waals surface area (Å²) >= 11 is 0. The molecule has 0 aromatic rings. The molecule has 0 radical (unpaired) electrons. The topological polar surface area (TPSA) is 72.8 Å². The van der Waals surface area contributed by atoms with Crippen molar-refractivity contribution in [2.75, 3.05) is 13.2 Å². The molecule has 0 heterocycles. The minimum absolute atomic E-state index is 0.0692. The third kappa shape index (κ3) is 31.3. The van der Waals surface area contributed by atoms with Crippen LogP contribution in [0.1, 0.15) is 181 Å². The number of hydrogen-bond donors (Lipinski definition) is 1. The third-order valence-corrected chi connectivity index (χ3v) is 7.72. The van der Waals surface area contributed by atoms with E-state index in [0.717, 1.165) is 44.9 Å². The molecule has 5 nitrogen and oxygen atoms in total. The second-order valence-corrected chi connectivity index (χ2v) is 11.9. The molecule has 0 saturated carbocycles. The zero-order chi connectivity index (χ0) is 30.8. The molecule has 0 bridgehead atoms. The summed E-state index contributed by atoms with van der Waals surface area (Å²) in [5.41, 5.74) is 0. The van der Waals surface area contributed by atoms with E-state index in [-0.39, 0.29) is 25.2 Å². The van der Waals surface area contributed by atoms with Crippen molar-refractivity contribution >= 4 is 11.9 Å². The largest absolute Gasteiger partial charge is 0.462 e. The summed E-state index contributed by atoms with van der Waals surface area (Å²) in [7, 11) is 0. The number of carbonyl (C=O) groups is 2. The molecule has 0 aromatic heterocycles. The van der Waals surface area contributed by atoms with Crippen molar-refractivity contribution in [2.24, 2.45) is 0 Å². The van der Waals surface area contributed by atoms with Crippen LogP contribution in [0.25, 0.3) is 0 Å². The number of carbonyl (C=O) groups excluding carboxylic acids is 2. The second-order valence-electron chi connectivity index (χ2n) is 11.9. The van der Waals surface area contributed by atoms with Crippen molar-refractivity contribution in [1.82, 2.24) is 0 Å². The van der Waals surface area contributed by atoms with Crippen molar-refractivity contribution in [2.45, 2.75) is 187 Å². The maximum atomic E-state index is 12.1. The van der Waals surface area contributed by atoms with Crippen molar-refractivity contribution < 1.29 is 24.2 Å². The zero-order valence-corrected chi connectivity index (χ0v) is 27.8. The Balaban J connectivity index is 3.56. The lowest BCUT2D eigenvalue weighted by Crippen LogP contribution is -2.28. The van der Waals surface area contributed by atoms with Gasteiger partial charge in [-0.3, -0.25) is 9.59 Å². The SMILES string of the molecule is CCCCC=CCCCCCCCC(=O)O[C@@H](CO)COC(=O)CCCCCCCCCC=CCCCCCCCC. The number of aliphatic hydroxyl groups is 1. The van der Waals surface area contributed by atoms with E-state index in [1.807, 2.05) is 0 Å². The van der Waals surface area contributed by atoms with E-state index < -0.39 is 6.10 Å². The number of ether oxygens (including phenoxy) is 2. The molecule has 246 valence electrons.